The molecule has 4 aromatic rings. The van der Waals surface area contributed by atoms with Crippen LogP contribution in [0, 0.1) is 0 Å². The van der Waals surface area contributed by atoms with E-state index >= 15 is 0 Å². The van der Waals surface area contributed by atoms with Crippen LogP contribution >= 0.6 is 7.68 Å². The highest BCUT2D eigenvalue weighted by Crippen LogP contribution is 2.56. The summed E-state index contributed by atoms with van der Waals surface area (Å²) < 4.78 is 0. The van der Waals surface area contributed by atoms with Crippen molar-refractivity contribution in [3.05, 3.63) is 121 Å². The van der Waals surface area contributed by atoms with Gasteiger partial charge >= 0.3 is 0 Å². The lowest BCUT2D eigenvalue weighted by atomic mass is 10.2. The molecule has 0 fully saturated rings. The van der Waals surface area contributed by atoms with E-state index in [9.17, 15) is 0 Å². The molecule has 180 valence electrons. The van der Waals surface area contributed by atoms with E-state index in [1.54, 1.807) is 20.7 Å². The Bertz CT molecular complexity index is 1030. The molecular weight excluding hydrogens is 471 g/mol. The van der Waals surface area contributed by atoms with Gasteiger partial charge in [-0.2, -0.15) is 0 Å². The topological polar surface area (TPSA) is 0 Å². The van der Waals surface area contributed by atoms with Crippen LogP contribution in [0.3, 0.4) is 0 Å². The molecule has 0 N–H and O–H groups in total. The fraction of sp³-hybridized carbons (Fsp3) is 0.250. The Kier molecular flexibility index (Phi) is 7.39. The second kappa shape index (κ2) is 10.0. The molecule has 0 spiro atoms. The molecular formula is C32H39PSi2. The Morgan fingerprint density at radius 3 is 0.743 bits per heavy atom. The molecule has 0 radical (unpaired) electrons. The van der Waals surface area contributed by atoms with E-state index in [4.69, 9.17) is 0 Å². The normalized spacial score (nSPS) is 13.0. The quantitative estimate of drug-likeness (QED) is 0.198. The highest BCUT2D eigenvalue weighted by atomic mass is 31.6. The lowest BCUT2D eigenvalue weighted by Gasteiger charge is -2.53. The Labute approximate surface area is 216 Å². The van der Waals surface area contributed by atoms with Crippen molar-refractivity contribution in [1.82, 2.24) is 0 Å². The zero-order valence-corrected chi connectivity index (χ0v) is 25.0. The third-order valence-electron chi connectivity index (χ3n) is 7.45. The third kappa shape index (κ3) is 4.65. The maximum absolute atomic E-state index is 2.50. The predicted octanol–water partition coefficient (Wildman–Crippen LogP) is 6.78. The molecule has 0 unspecified atom stereocenters. The first-order valence-electron chi connectivity index (χ1n) is 12.6. The van der Waals surface area contributed by atoms with Crippen LogP contribution in [0.5, 0.6) is 0 Å². The van der Waals surface area contributed by atoms with Gasteiger partial charge in [-0.25, -0.2) is 0 Å². The second-order valence-electron chi connectivity index (χ2n) is 11.6. The van der Waals surface area contributed by atoms with Gasteiger partial charge in [0.15, 0.2) is 0 Å². The number of hydrogen-bond donors (Lipinski definition) is 0. The van der Waals surface area contributed by atoms with Crippen molar-refractivity contribution in [1.29, 1.82) is 0 Å². The van der Waals surface area contributed by atoms with Crippen LogP contribution in [0.2, 0.25) is 10.1 Å². The van der Waals surface area contributed by atoms with Gasteiger partial charge < -0.3 is 0 Å². The molecule has 3 heteroatoms. The van der Waals surface area contributed by atoms with Gasteiger partial charge in [-0.3, -0.25) is 0 Å². The smallest absolute Gasteiger partial charge is 0.125 e. The zero-order chi connectivity index (χ0) is 25.2. The highest BCUT2D eigenvalue weighted by molar-refractivity contribution is 8.14. The number of hydrogen-bond acceptors (Lipinski definition) is 0. The van der Waals surface area contributed by atoms with Gasteiger partial charge in [0.1, 0.15) is 15.5 Å². The van der Waals surface area contributed by atoms with Gasteiger partial charge in [0.2, 0.25) is 0 Å². The molecule has 4 aromatic carbocycles. The molecule has 0 atom stereocenters. The van der Waals surface area contributed by atoms with Gasteiger partial charge in [0.05, 0.1) is 0 Å². The predicted molar refractivity (Wildman–Crippen MR) is 164 cm³/mol. The van der Waals surface area contributed by atoms with E-state index in [0.717, 1.165) is 7.68 Å². The van der Waals surface area contributed by atoms with Crippen LogP contribution in [-0.2, 0) is 0 Å². The van der Waals surface area contributed by atoms with Crippen molar-refractivity contribution in [2.24, 2.45) is 0 Å². The van der Waals surface area contributed by atoms with E-state index in [2.05, 4.69) is 163 Å². The van der Waals surface area contributed by atoms with Crippen molar-refractivity contribution in [3.8, 4) is 0 Å². The van der Waals surface area contributed by atoms with Gasteiger partial charge in [-0.05, 0) is 30.8 Å². The van der Waals surface area contributed by atoms with E-state index < -0.39 is 15.5 Å². The second-order valence-corrected chi connectivity index (χ2v) is 27.6. The van der Waals surface area contributed by atoms with Crippen molar-refractivity contribution in [2.75, 3.05) is 0 Å². The summed E-state index contributed by atoms with van der Waals surface area (Å²) >= 11 is 0. The minimum atomic E-state index is -2.27. The van der Waals surface area contributed by atoms with Crippen molar-refractivity contribution < 1.29 is 0 Å². The molecule has 0 aliphatic heterocycles. The van der Waals surface area contributed by atoms with E-state index in [-0.39, 0.29) is 10.1 Å². The molecule has 0 aliphatic carbocycles. The zero-order valence-electron chi connectivity index (χ0n) is 22.0. The van der Waals surface area contributed by atoms with E-state index in [1.165, 1.54) is 0 Å². The van der Waals surface area contributed by atoms with Gasteiger partial charge in [0, 0.05) is 0 Å². The summed E-state index contributed by atoms with van der Waals surface area (Å²) in [7, 11) is -3.70. The summed E-state index contributed by atoms with van der Waals surface area (Å²) in [5, 5.41) is 6.52. The first-order valence-corrected chi connectivity index (χ1v) is 19.6. The van der Waals surface area contributed by atoms with Crippen LogP contribution in [0.25, 0.3) is 0 Å². The first-order chi connectivity index (χ1) is 16.6. The Morgan fingerprint density at radius 1 is 0.371 bits per heavy atom. The summed E-state index contributed by atoms with van der Waals surface area (Å²) in [5.41, 5.74) is 0. The lowest BCUT2D eigenvalue weighted by Crippen LogP contribution is -2.70. The Hall–Kier alpha value is -2.26. The maximum Gasteiger partial charge on any atom is 0.142 e. The summed E-state index contributed by atoms with van der Waals surface area (Å²) in [6.45, 7) is 15.0. The standard InChI is InChI=1S/C32H39PSi2/c1-31(2,3)34(27-19-11-7-12-20-27,28-21-13-8-14-22-28)33-35(32(4,5)6,29-23-15-9-16-24-29)30-25-17-10-18-26-30/h7-26,33H,1-6H3. The summed E-state index contributed by atoms with van der Waals surface area (Å²) in [6, 6.07) is 46.1. The van der Waals surface area contributed by atoms with Gasteiger partial charge in [-0.1, -0.05) is 163 Å². The number of rotatable bonds is 6. The van der Waals surface area contributed by atoms with Gasteiger partial charge in [0.25, 0.3) is 0 Å². The molecule has 0 aromatic heterocycles. The van der Waals surface area contributed by atoms with Gasteiger partial charge in [-0.15, -0.1) is 7.68 Å². The summed E-state index contributed by atoms with van der Waals surface area (Å²) in [6.07, 6.45) is 0. The molecule has 0 saturated carbocycles. The van der Waals surface area contributed by atoms with Crippen LogP contribution in [0.1, 0.15) is 41.5 Å². The lowest BCUT2D eigenvalue weighted by molar-refractivity contribution is 0.741. The Morgan fingerprint density at radius 2 is 0.571 bits per heavy atom. The largest absolute Gasteiger partial charge is 0.142 e. The molecule has 0 nitrogen and oxygen atoms in total. The minimum Gasteiger partial charge on any atom is -0.125 e. The summed E-state index contributed by atoms with van der Waals surface area (Å²) in [5.74, 6) is 0. The van der Waals surface area contributed by atoms with E-state index in [1.807, 2.05) is 0 Å². The molecule has 0 heterocycles. The average Bonchev–Trinajstić information content (AvgIpc) is 2.85. The van der Waals surface area contributed by atoms with Crippen LogP contribution < -0.4 is 20.7 Å². The van der Waals surface area contributed by atoms with E-state index in [0.29, 0.717) is 0 Å². The van der Waals surface area contributed by atoms with Crippen LogP contribution in [0.15, 0.2) is 121 Å². The SMILES string of the molecule is CC(C)(C)[Si](P[Si](c1ccccc1)(c1ccccc1)C(C)(C)C)(c1ccccc1)c1ccccc1. The van der Waals surface area contributed by atoms with Crippen LogP contribution in [-0.4, -0.2) is 15.5 Å². The molecule has 4 rings (SSSR count). The summed E-state index contributed by atoms with van der Waals surface area (Å²) in [4.78, 5) is 0. The third-order valence-corrected chi connectivity index (χ3v) is 34.5. The monoisotopic (exact) mass is 510 g/mol. The van der Waals surface area contributed by atoms with Crippen LogP contribution in [0.4, 0.5) is 0 Å². The molecule has 0 saturated heterocycles. The first kappa shape index (κ1) is 25.8. The fourth-order valence-corrected chi connectivity index (χ4v) is 39.2. The molecule has 0 bridgehead atoms. The van der Waals surface area contributed by atoms with Crippen molar-refractivity contribution in [3.63, 3.8) is 0 Å². The van der Waals surface area contributed by atoms with Crippen molar-refractivity contribution in [2.45, 2.75) is 51.6 Å². The molecule has 35 heavy (non-hydrogen) atoms. The highest BCUT2D eigenvalue weighted by Gasteiger charge is 2.58. The number of benzene rings is 4. The Balaban J connectivity index is 2.15. The van der Waals surface area contributed by atoms with Crippen molar-refractivity contribution >= 4 is 43.9 Å². The fourth-order valence-electron chi connectivity index (χ4n) is 5.76. The minimum absolute atomic E-state index is 0.140. The molecule has 0 aliphatic rings. The maximum atomic E-state index is 2.50. The molecule has 0 amide bonds. The average molecular weight is 511 g/mol.